The van der Waals surface area contributed by atoms with Gasteiger partial charge in [0, 0.05) is 25.0 Å². The number of hydrogen-bond donors (Lipinski definition) is 2. The lowest BCUT2D eigenvalue weighted by atomic mass is 10.3. The van der Waals surface area contributed by atoms with Gasteiger partial charge in [-0.1, -0.05) is 0 Å². The van der Waals surface area contributed by atoms with Gasteiger partial charge in [0.05, 0.1) is 17.2 Å². The summed E-state index contributed by atoms with van der Waals surface area (Å²) in [4.78, 5) is 9.70. The number of nitro groups is 1. The number of nitrogen functional groups attached to an aromatic ring is 1. The fourth-order valence-electron chi connectivity index (χ4n) is 1.72. The Morgan fingerprint density at radius 1 is 1.43 bits per heavy atom. The first-order chi connectivity index (χ1) is 9.81. The van der Waals surface area contributed by atoms with E-state index in [4.69, 9.17) is 5.73 Å². The number of aromatic nitrogens is 2. The molecule has 0 fully saturated rings. The SMILES string of the molecule is Cn1nccc1CNS(=O)(=O)c1cc(N)ccc1[N+](=O)[O-]. The molecule has 9 nitrogen and oxygen atoms in total. The molecule has 3 N–H and O–H groups in total. The molecule has 112 valence electrons. The summed E-state index contributed by atoms with van der Waals surface area (Å²) in [5, 5.41) is 14.8. The van der Waals surface area contributed by atoms with Crippen LogP contribution in [0.3, 0.4) is 0 Å². The number of aryl methyl sites for hydroxylation is 1. The van der Waals surface area contributed by atoms with Crippen LogP contribution in [-0.4, -0.2) is 23.1 Å². The Morgan fingerprint density at radius 2 is 2.14 bits per heavy atom. The second-order valence-electron chi connectivity index (χ2n) is 4.25. The van der Waals surface area contributed by atoms with Crippen molar-refractivity contribution in [1.29, 1.82) is 0 Å². The average Bonchev–Trinajstić information content (AvgIpc) is 2.81. The quantitative estimate of drug-likeness (QED) is 0.466. The van der Waals surface area contributed by atoms with Crippen LogP contribution in [0.4, 0.5) is 11.4 Å². The zero-order valence-corrected chi connectivity index (χ0v) is 11.9. The van der Waals surface area contributed by atoms with Crippen LogP contribution in [0.5, 0.6) is 0 Å². The molecule has 1 aromatic heterocycles. The highest BCUT2D eigenvalue weighted by Gasteiger charge is 2.25. The zero-order valence-electron chi connectivity index (χ0n) is 11.1. The second-order valence-corrected chi connectivity index (χ2v) is 5.99. The molecule has 0 aliphatic rings. The molecule has 0 atom stereocenters. The standard InChI is InChI=1S/C11H13N5O4S/c1-15-9(4-5-13-15)7-14-21(19,20)11-6-8(12)2-3-10(11)16(17)18/h2-6,14H,7,12H2,1H3. The number of nitrogens with two attached hydrogens (primary N) is 1. The maximum atomic E-state index is 12.2. The van der Waals surface area contributed by atoms with Gasteiger partial charge in [0.2, 0.25) is 10.0 Å². The van der Waals surface area contributed by atoms with Crippen molar-refractivity contribution in [2.24, 2.45) is 7.05 Å². The van der Waals surface area contributed by atoms with E-state index in [9.17, 15) is 18.5 Å². The Morgan fingerprint density at radius 3 is 2.71 bits per heavy atom. The summed E-state index contributed by atoms with van der Waals surface area (Å²) in [5.41, 5.74) is 5.73. The molecule has 2 rings (SSSR count). The van der Waals surface area contributed by atoms with Gasteiger partial charge in [-0.25, -0.2) is 13.1 Å². The van der Waals surface area contributed by atoms with Gasteiger partial charge in [-0.2, -0.15) is 5.10 Å². The first kappa shape index (κ1) is 14.9. The van der Waals surface area contributed by atoms with Gasteiger partial charge in [-0.05, 0) is 18.2 Å². The van der Waals surface area contributed by atoms with Gasteiger partial charge in [0.1, 0.15) is 0 Å². The summed E-state index contributed by atoms with van der Waals surface area (Å²) < 4.78 is 28.2. The van der Waals surface area contributed by atoms with E-state index < -0.39 is 25.5 Å². The van der Waals surface area contributed by atoms with Crippen LogP contribution in [0, 0.1) is 10.1 Å². The molecule has 0 aliphatic carbocycles. The van der Waals surface area contributed by atoms with Crippen LogP contribution in [0.2, 0.25) is 0 Å². The summed E-state index contributed by atoms with van der Waals surface area (Å²) in [6, 6.07) is 5.03. The molecule has 2 aromatic rings. The van der Waals surface area contributed by atoms with Crippen LogP contribution in [0.25, 0.3) is 0 Å². The molecule has 10 heteroatoms. The summed E-state index contributed by atoms with van der Waals surface area (Å²) in [6.45, 7) is -0.0369. The number of rotatable bonds is 5. The molecule has 0 spiro atoms. The Hall–Kier alpha value is -2.46. The lowest BCUT2D eigenvalue weighted by Crippen LogP contribution is -2.25. The third kappa shape index (κ3) is 3.17. The summed E-state index contributed by atoms with van der Waals surface area (Å²) in [6.07, 6.45) is 1.52. The first-order valence-electron chi connectivity index (χ1n) is 5.82. The molecular formula is C11H13N5O4S. The maximum absolute atomic E-state index is 12.2. The normalized spacial score (nSPS) is 11.5. The zero-order chi connectivity index (χ0) is 15.6. The molecule has 21 heavy (non-hydrogen) atoms. The molecule has 0 bridgehead atoms. The predicted molar refractivity (Wildman–Crippen MR) is 74.7 cm³/mol. The highest BCUT2D eigenvalue weighted by molar-refractivity contribution is 7.89. The van der Waals surface area contributed by atoms with Crippen molar-refractivity contribution >= 4 is 21.4 Å². The number of sulfonamides is 1. The van der Waals surface area contributed by atoms with Gasteiger partial charge < -0.3 is 5.73 Å². The van der Waals surface area contributed by atoms with E-state index in [-0.39, 0.29) is 12.2 Å². The molecule has 0 aliphatic heterocycles. The van der Waals surface area contributed by atoms with E-state index >= 15 is 0 Å². The maximum Gasteiger partial charge on any atom is 0.289 e. The molecule has 0 radical (unpaired) electrons. The van der Waals surface area contributed by atoms with Crippen LogP contribution in [0.1, 0.15) is 5.69 Å². The fourth-order valence-corrected chi connectivity index (χ4v) is 2.92. The molecule has 0 saturated heterocycles. The minimum Gasteiger partial charge on any atom is -0.399 e. The number of anilines is 1. The number of nitro benzene ring substituents is 1. The Bertz CT molecular complexity index is 784. The molecule has 0 unspecified atom stereocenters. The van der Waals surface area contributed by atoms with Crippen LogP contribution in [0.15, 0.2) is 35.4 Å². The monoisotopic (exact) mass is 311 g/mol. The predicted octanol–water partition coefficient (Wildman–Crippen LogP) is 0.389. The lowest BCUT2D eigenvalue weighted by molar-refractivity contribution is -0.387. The number of nitrogens with one attached hydrogen (secondary N) is 1. The number of nitrogens with zero attached hydrogens (tertiary/aromatic N) is 3. The largest absolute Gasteiger partial charge is 0.399 e. The van der Waals surface area contributed by atoms with Crippen molar-refractivity contribution in [3.8, 4) is 0 Å². The third-order valence-corrected chi connectivity index (χ3v) is 4.27. The average molecular weight is 311 g/mol. The summed E-state index contributed by atoms with van der Waals surface area (Å²) >= 11 is 0. The minimum absolute atomic E-state index is 0.0369. The topological polar surface area (TPSA) is 133 Å². The van der Waals surface area contributed by atoms with Crippen molar-refractivity contribution < 1.29 is 13.3 Å². The van der Waals surface area contributed by atoms with Gasteiger partial charge in [0.25, 0.3) is 5.69 Å². The van der Waals surface area contributed by atoms with Crippen molar-refractivity contribution in [2.45, 2.75) is 11.4 Å². The van der Waals surface area contributed by atoms with Gasteiger partial charge in [0.15, 0.2) is 4.90 Å². The lowest BCUT2D eigenvalue weighted by Gasteiger charge is -2.08. The Kier molecular flexibility index (Phi) is 3.91. The van der Waals surface area contributed by atoms with E-state index in [2.05, 4.69) is 9.82 Å². The summed E-state index contributed by atoms with van der Waals surface area (Å²) in [7, 11) is -2.40. The Labute approximate surface area is 120 Å². The molecule has 1 aromatic carbocycles. The van der Waals surface area contributed by atoms with E-state index in [1.807, 2.05) is 0 Å². The number of hydrogen-bond acceptors (Lipinski definition) is 6. The molecular weight excluding hydrogens is 298 g/mol. The van der Waals surface area contributed by atoms with Gasteiger partial charge in [-0.15, -0.1) is 0 Å². The highest BCUT2D eigenvalue weighted by Crippen LogP contribution is 2.25. The van der Waals surface area contributed by atoms with Crippen LogP contribution in [-0.2, 0) is 23.6 Å². The Balaban J connectivity index is 2.33. The summed E-state index contributed by atoms with van der Waals surface area (Å²) in [5.74, 6) is 0. The van der Waals surface area contributed by atoms with E-state index in [1.54, 1.807) is 13.1 Å². The third-order valence-electron chi connectivity index (χ3n) is 2.84. The smallest absolute Gasteiger partial charge is 0.289 e. The van der Waals surface area contributed by atoms with Crippen molar-refractivity contribution in [1.82, 2.24) is 14.5 Å². The van der Waals surface area contributed by atoms with E-state index in [1.165, 1.54) is 16.9 Å². The van der Waals surface area contributed by atoms with Crippen molar-refractivity contribution in [2.75, 3.05) is 5.73 Å². The molecule has 0 amide bonds. The van der Waals surface area contributed by atoms with Gasteiger partial charge in [-0.3, -0.25) is 14.8 Å². The van der Waals surface area contributed by atoms with E-state index in [0.717, 1.165) is 12.1 Å². The van der Waals surface area contributed by atoms with E-state index in [0.29, 0.717) is 5.69 Å². The fraction of sp³-hybridized carbons (Fsp3) is 0.182. The molecule has 0 saturated carbocycles. The van der Waals surface area contributed by atoms with Crippen molar-refractivity contribution in [3.63, 3.8) is 0 Å². The van der Waals surface area contributed by atoms with Crippen LogP contribution >= 0.6 is 0 Å². The minimum atomic E-state index is -4.06. The first-order valence-corrected chi connectivity index (χ1v) is 7.30. The highest BCUT2D eigenvalue weighted by atomic mass is 32.2. The van der Waals surface area contributed by atoms with Gasteiger partial charge >= 0.3 is 0 Å². The molecule has 1 heterocycles. The van der Waals surface area contributed by atoms with Crippen molar-refractivity contribution in [3.05, 3.63) is 46.3 Å². The van der Waals surface area contributed by atoms with Crippen LogP contribution < -0.4 is 10.5 Å². The number of benzene rings is 1. The second kappa shape index (κ2) is 5.50.